The van der Waals surface area contributed by atoms with Crippen LogP contribution in [0.4, 0.5) is 5.82 Å². The molecule has 0 amide bonds. The van der Waals surface area contributed by atoms with Crippen molar-refractivity contribution in [2.24, 2.45) is 0 Å². The third-order valence-electron chi connectivity index (χ3n) is 4.89. The molecule has 0 bridgehead atoms. The summed E-state index contributed by atoms with van der Waals surface area (Å²) in [5.41, 5.74) is 4.12. The van der Waals surface area contributed by atoms with Gasteiger partial charge in [0, 0.05) is 42.6 Å². The molecule has 0 saturated carbocycles. The van der Waals surface area contributed by atoms with E-state index in [1.807, 2.05) is 36.4 Å². The van der Waals surface area contributed by atoms with Crippen LogP contribution in [-0.4, -0.2) is 51.5 Å². The Morgan fingerprint density at radius 2 is 1.78 bits per heavy atom. The number of aromatic nitrogens is 3. The zero-order chi connectivity index (χ0) is 18.6. The molecule has 2 N–H and O–H groups in total. The first-order chi connectivity index (χ1) is 13.3. The minimum absolute atomic E-state index is 0.718. The van der Waals surface area contributed by atoms with Gasteiger partial charge in [-0.15, -0.1) is 0 Å². The minimum Gasteiger partial charge on any atom is -0.354 e. The van der Waals surface area contributed by atoms with Crippen molar-refractivity contribution in [3.8, 4) is 22.4 Å². The Labute approximate surface area is 164 Å². The molecule has 2 aromatic heterocycles. The van der Waals surface area contributed by atoms with Crippen LogP contribution in [0.1, 0.15) is 13.3 Å². The summed E-state index contributed by atoms with van der Waals surface area (Å²) in [6, 6.07) is 11.8. The van der Waals surface area contributed by atoms with E-state index in [0.717, 1.165) is 59.5 Å². The number of nitrogens with one attached hydrogen (secondary N) is 2. The summed E-state index contributed by atoms with van der Waals surface area (Å²) < 4.78 is 0. The van der Waals surface area contributed by atoms with E-state index in [1.165, 1.54) is 6.42 Å². The number of halogens is 1. The number of nitrogens with zero attached hydrogens (tertiary/aromatic N) is 4. The summed E-state index contributed by atoms with van der Waals surface area (Å²) in [5, 5.41) is 16.7. The number of hydrazine groups is 1. The molecule has 1 saturated heterocycles. The summed E-state index contributed by atoms with van der Waals surface area (Å²) >= 11 is 6.05. The quantitative estimate of drug-likeness (QED) is 0.672. The highest BCUT2D eigenvalue weighted by Gasteiger charge is 2.22. The van der Waals surface area contributed by atoms with Crippen molar-refractivity contribution >= 4 is 17.4 Å². The lowest BCUT2D eigenvalue weighted by Crippen LogP contribution is -2.39. The monoisotopic (exact) mass is 382 g/mol. The smallest absolute Gasteiger partial charge is 0.157 e. The average molecular weight is 383 g/mol. The highest BCUT2D eigenvalue weighted by atomic mass is 35.5. The molecule has 4 rings (SSSR count). The zero-order valence-electron chi connectivity index (χ0n) is 15.3. The molecule has 3 aromatic rings. The highest BCUT2D eigenvalue weighted by molar-refractivity contribution is 6.30. The predicted molar refractivity (Wildman–Crippen MR) is 109 cm³/mol. The van der Waals surface area contributed by atoms with Crippen molar-refractivity contribution in [1.29, 1.82) is 0 Å². The van der Waals surface area contributed by atoms with Crippen molar-refractivity contribution in [2.45, 2.75) is 13.3 Å². The molecule has 7 heteroatoms. The van der Waals surface area contributed by atoms with E-state index >= 15 is 0 Å². The topological polar surface area (TPSA) is 60.1 Å². The van der Waals surface area contributed by atoms with Crippen molar-refractivity contribution < 1.29 is 0 Å². The molecule has 27 heavy (non-hydrogen) atoms. The van der Waals surface area contributed by atoms with Gasteiger partial charge in [-0.05, 0) is 36.2 Å². The van der Waals surface area contributed by atoms with Crippen LogP contribution in [0.2, 0.25) is 5.02 Å². The number of H-pyrrole nitrogens is 1. The van der Waals surface area contributed by atoms with Crippen LogP contribution in [0, 0.1) is 0 Å². The molecule has 0 atom stereocenters. The van der Waals surface area contributed by atoms with Crippen LogP contribution >= 0.6 is 11.6 Å². The lowest BCUT2D eigenvalue weighted by molar-refractivity contribution is 0.0410. The first-order valence-corrected chi connectivity index (χ1v) is 9.62. The molecular formula is C20H23ClN6. The van der Waals surface area contributed by atoms with Crippen LogP contribution in [0.15, 0.2) is 48.8 Å². The zero-order valence-corrected chi connectivity index (χ0v) is 16.1. The van der Waals surface area contributed by atoms with E-state index in [4.69, 9.17) is 11.6 Å². The first kappa shape index (κ1) is 18.0. The van der Waals surface area contributed by atoms with Gasteiger partial charge in [-0.25, -0.2) is 10.0 Å². The number of rotatable bonds is 6. The van der Waals surface area contributed by atoms with Gasteiger partial charge in [0.2, 0.25) is 0 Å². The first-order valence-electron chi connectivity index (χ1n) is 9.24. The summed E-state index contributed by atoms with van der Waals surface area (Å²) in [6.07, 6.45) is 4.80. The van der Waals surface area contributed by atoms with Crippen molar-refractivity contribution in [2.75, 3.05) is 31.6 Å². The fourth-order valence-electron chi connectivity index (χ4n) is 3.52. The molecule has 1 fully saturated rings. The molecule has 1 aromatic carbocycles. The third-order valence-corrected chi connectivity index (χ3v) is 5.15. The minimum atomic E-state index is 0.718. The second-order valence-electron chi connectivity index (χ2n) is 6.53. The number of anilines is 1. The van der Waals surface area contributed by atoms with E-state index in [9.17, 15) is 0 Å². The van der Waals surface area contributed by atoms with Crippen molar-refractivity contribution in [1.82, 2.24) is 25.2 Å². The van der Waals surface area contributed by atoms with Crippen LogP contribution < -0.4 is 5.32 Å². The van der Waals surface area contributed by atoms with Gasteiger partial charge in [0.25, 0.3) is 0 Å². The molecule has 0 radical (unpaired) electrons. The maximum absolute atomic E-state index is 6.05. The number of hydrogen-bond donors (Lipinski definition) is 2. The Kier molecular flexibility index (Phi) is 5.38. The Morgan fingerprint density at radius 1 is 1.04 bits per heavy atom. The summed E-state index contributed by atoms with van der Waals surface area (Å²) in [5.74, 6) is 0.842. The van der Waals surface area contributed by atoms with Crippen LogP contribution in [-0.2, 0) is 0 Å². The maximum atomic E-state index is 6.05. The average Bonchev–Trinajstić information content (AvgIpc) is 3.34. The largest absolute Gasteiger partial charge is 0.354 e. The molecule has 0 spiro atoms. The number of aromatic amines is 1. The third kappa shape index (κ3) is 3.83. The number of hydrogen-bond acceptors (Lipinski definition) is 5. The Bertz CT molecular complexity index is 877. The molecule has 1 aliphatic rings. The van der Waals surface area contributed by atoms with E-state index in [-0.39, 0.29) is 0 Å². The molecule has 1 aliphatic heterocycles. The summed E-state index contributed by atoms with van der Waals surface area (Å²) in [4.78, 5) is 4.15. The van der Waals surface area contributed by atoms with Crippen molar-refractivity contribution in [3.05, 3.63) is 53.8 Å². The van der Waals surface area contributed by atoms with Gasteiger partial charge in [-0.3, -0.25) is 10.1 Å². The Morgan fingerprint density at radius 3 is 2.52 bits per heavy atom. The Balaban J connectivity index is 1.66. The summed E-state index contributed by atoms with van der Waals surface area (Å²) in [7, 11) is 0. The van der Waals surface area contributed by atoms with Gasteiger partial charge in [-0.2, -0.15) is 5.10 Å². The second-order valence-corrected chi connectivity index (χ2v) is 6.97. The molecule has 0 aliphatic carbocycles. The SMILES string of the molecule is CCN1CCCN1CNc1n[nH]c(-c2ccc(Cl)cc2)c1-c1ccncc1. The van der Waals surface area contributed by atoms with Gasteiger partial charge >= 0.3 is 0 Å². The molecule has 0 unspecified atom stereocenters. The second kappa shape index (κ2) is 8.08. The fourth-order valence-corrected chi connectivity index (χ4v) is 3.64. The van der Waals surface area contributed by atoms with E-state index in [0.29, 0.717) is 0 Å². The number of pyridine rings is 1. The van der Waals surface area contributed by atoms with Gasteiger partial charge in [0.05, 0.1) is 17.9 Å². The van der Waals surface area contributed by atoms with E-state index < -0.39 is 0 Å². The lowest BCUT2D eigenvalue weighted by Gasteiger charge is -2.26. The molecular weight excluding hydrogens is 360 g/mol. The van der Waals surface area contributed by atoms with E-state index in [1.54, 1.807) is 12.4 Å². The van der Waals surface area contributed by atoms with Crippen molar-refractivity contribution in [3.63, 3.8) is 0 Å². The van der Waals surface area contributed by atoms with Gasteiger partial charge in [0.15, 0.2) is 5.82 Å². The lowest BCUT2D eigenvalue weighted by atomic mass is 10.0. The van der Waals surface area contributed by atoms with Gasteiger partial charge in [-0.1, -0.05) is 30.7 Å². The molecule has 6 nitrogen and oxygen atoms in total. The normalized spacial score (nSPS) is 15.3. The maximum Gasteiger partial charge on any atom is 0.157 e. The molecule has 3 heterocycles. The fraction of sp³-hybridized carbons (Fsp3) is 0.300. The molecule has 140 valence electrons. The van der Waals surface area contributed by atoms with E-state index in [2.05, 4.69) is 37.4 Å². The highest BCUT2D eigenvalue weighted by Crippen LogP contribution is 2.36. The summed E-state index contributed by atoms with van der Waals surface area (Å²) in [6.45, 7) is 6.13. The van der Waals surface area contributed by atoms with Crippen LogP contribution in [0.5, 0.6) is 0 Å². The van der Waals surface area contributed by atoms with Gasteiger partial charge in [0.1, 0.15) is 0 Å². The standard InChI is InChI=1S/C20H23ClN6/c1-2-26-12-3-13-27(26)14-23-20-18(15-8-10-22-11-9-15)19(24-25-20)16-4-6-17(21)7-5-16/h4-11H,2-3,12-14H2,1H3,(H2,23,24,25). The van der Waals surface area contributed by atoms with Gasteiger partial charge < -0.3 is 5.32 Å². The van der Waals surface area contributed by atoms with Crippen LogP contribution in [0.25, 0.3) is 22.4 Å². The van der Waals surface area contributed by atoms with Crippen LogP contribution in [0.3, 0.4) is 0 Å². The predicted octanol–water partition coefficient (Wildman–Crippen LogP) is 4.10. The number of benzene rings is 1. The Hall–Kier alpha value is -2.41.